The molecular weight excluding hydrogens is 1250 g/mol. The zero-order valence-corrected chi connectivity index (χ0v) is 56.0. The minimum Gasteiger partial charge on any atom is -0.458 e. The van der Waals surface area contributed by atoms with Crippen LogP contribution in [-0.4, -0.2) is 220 Å². The number of hydrogen-bond acceptors (Lipinski definition) is 18. The number of benzene rings is 2. The number of nitrogens with one attached hydrogen (secondary N) is 4. The highest BCUT2D eigenvalue weighted by Gasteiger charge is 2.47. The Hall–Kier alpha value is -8.24. The number of esters is 2. The van der Waals surface area contributed by atoms with Gasteiger partial charge in [-0.05, 0) is 83.1 Å². The summed E-state index contributed by atoms with van der Waals surface area (Å²) in [5.41, 5.74) is 3.41. The number of rotatable bonds is 8. The molecule has 10 unspecified atom stereocenters. The maximum absolute atomic E-state index is 15.2. The minimum absolute atomic E-state index is 0.107. The number of likely N-dealkylation sites (N-methyl/N-ethyl adjacent to an activating group) is 4. The highest BCUT2D eigenvalue weighted by Crippen LogP contribution is 2.37. The Kier molecular flexibility index (Phi) is 21.7. The molecule has 0 bridgehead atoms. The molecule has 6 N–H and O–H groups in total. The number of cyclic esters (lactones) is 2. The summed E-state index contributed by atoms with van der Waals surface area (Å²) in [6.07, 6.45) is -1.69. The van der Waals surface area contributed by atoms with Gasteiger partial charge in [0.2, 0.25) is 52.7 Å². The topological polar surface area (TPSA) is 360 Å². The predicted molar refractivity (Wildman–Crippen MR) is 333 cm³/mol. The lowest BCUT2D eigenvalue weighted by molar-refractivity contribution is -0.163. The largest absolute Gasteiger partial charge is 0.458 e. The van der Waals surface area contributed by atoms with Gasteiger partial charge >= 0.3 is 11.9 Å². The van der Waals surface area contributed by atoms with E-state index in [0.29, 0.717) is 18.4 Å². The lowest BCUT2D eigenvalue weighted by atomic mass is 9.98. The number of nitrogens with zero attached hydrogens (tertiary/aromatic N) is 7. The number of halogens is 1. The Labute approximate surface area is 536 Å². The maximum Gasteiger partial charge on any atom is 0.329 e. The number of carbonyl (C=O) groups excluding carboxylic acids is 12. The van der Waals surface area contributed by atoms with Crippen LogP contribution in [0.1, 0.15) is 127 Å². The van der Waals surface area contributed by atoms with Crippen molar-refractivity contribution < 1.29 is 71.4 Å². The third-order valence-electron chi connectivity index (χ3n) is 17.6. The number of anilines is 1. The Morgan fingerprint density at radius 3 is 1.45 bits per heavy atom. The normalized spacial score (nSPS) is 26.1. The molecule has 10 amide bonds. The second-order valence-corrected chi connectivity index (χ2v) is 26.5. The number of aryl methyl sites for hydroxylation is 1. The van der Waals surface area contributed by atoms with Crippen molar-refractivity contribution in [1.29, 1.82) is 0 Å². The van der Waals surface area contributed by atoms with Gasteiger partial charge in [-0.3, -0.25) is 52.7 Å². The van der Waals surface area contributed by atoms with E-state index in [0.717, 1.165) is 9.80 Å². The predicted octanol–water partition coefficient (Wildman–Crippen LogP) is 1.49. The number of carbonyl (C=O) groups is 12. The van der Waals surface area contributed by atoms with Crippen LogP contribution in [0.3, 0.4) is 0 Å². The standard InChI is InChI=1S/C62H85BrN12O16/c1-26(2)42-59(85)74-21-17-19-36(74)57(83)70(13)24-38(76)72(15)48(28(5)6)61(87)89-32(11)44(55(81)66-42)68-53(79)34-23-35(63)30(9)51-46(34)65-47-40(41(64)50(78)31(10)52(47)91-51)54(80)69-45-33(12)90-62(88)49(29(7)8)73(16)39(77)25-71(14)58(84)37-20-18-22-75(37)60(86)43(27(3)4)67-56(45)82/h23,26-29,32-33,36-37,42-45,48-49H,17-22,24-25,64H2,1-16H3,(H,66,81)(H,67,82)(H,68,79)(H,69,80). The molecule has 0 spiro atoms. The Morgan fingerprint density at radius 2 is 1.04 bits per heavy atom. The van der Waals surface area contributed by atoms with Crippen molar-refractivity contribution in [3.05, 3.63) is 43.0 Å². The summed E-state index contributed by atoms with van der Waals surface area (Å²) in [7, 11) is 5.58. The molecule has 10 atom stereocenters. The fourth-order valence-corrected chi connectivity index (χ4v) is 12.7. The molecule has 5 heterocycles. The van der Waals surface area contributed by atoms with E-state index in [1.165, 1.54) is 74.6 Å². The van der Waals surface area contributed by atoms with Crippen LogP contribution in [0.15, 0.2) is 19.8 Å². The van der Waals surface area contributed by atoms with Crippen LogP contribution in [0, 0.1) is 37.5 Å². The quantitative estimate of drug-likeness (QED) is 0.121. The molecule has 5 aliphatic heterocycles. The molecule has 91 heavy (non-hydrogen) atoms. The van der Waals surface area contributed by atoms with Crippen LogP contribution in [0.25, 0.3) is 22.6 Å². The number of aromatic nitrogens is 1. The molecular formula is C62H85BrN12O16. The monoisotopic (exact) mass is 1330 g/mol. The molecule has 29 heteroatoms. The van der Waals surface area contributed by atoms with Crippen LogP contribution in [0.5, 0.6) is 0 Å². The fraction of sp³-hybridized carbons (Fsp3) is 0.613. The van der Waals surface area contributed by atoms with E-state index in [2.05, 4.69) is 37.2 Å². The zero-order chi connectivity index (χ0) is 67.8. The van der Waals surface area contributed by atoms with Gasteiger partial charge in [-0.2, -0.15) is 0 Å². The summed E-state index contributed by atoms with van der Waals surface area (Å²) in [4.78, 5) is 200. The lowest BCUT2D eigenvalue weighted by Gasteiger charge is -2.36. The summed E-state index contributed by atoms with van der Waals surface area (Å²) in [5.74, 6) is -12.5. The van der Waals surface area contributed by atoms with Crippen LogP contribution in [-0.2, 0) is 57.4 Å². The van der Waals surface area contributed by atoms with E-state index in [-0.39, 0.29) is 58.4 Å². The van der Waals surface area contributed by atoms with Crippen molar-refractivity contribution in [2.75, 3.05) is 60.1 Å². The molecule has 7 rings (SSSR count). The number of amides is 10. The van der Waals surface area contributed by atoms with Crippen molar-refractivity contribution in [2.24, 2.45) is 23.7 Å². The van der Waals surface area contributed by atoms with Gasteiger partial charge in [-0.15, -0.1) is 0 Å². The first-order valence-corrected chi connectivity index (χ1v) is 31.4. The zero-order valence-electron chi connectivity index (χ0n) is 54.4. The molecule has 1 aliphatic carbocycles. The van der Waals surface area contributed by atoms with E-state index in [1.807, 2.05) is 0 Å². The van der Waals surface area contributed by atoms with Gasteiger partial charge in [0.25, 0.3) is 11.8 Å². The Bertz CT molecular complexity index is 3480. The summed E-state index contributed by atoms with van der Waals surface area (Å²) in [6.45, 7) is 18.3. The molecule has 0 radical (unpaired) electrons. The maximum atomic E-state index is 15.2. The average molecular weight is 1330 g/mol. The minimum atomic E-state index is -1.89. The first kappa shape index (κ1) is 70.2. The Morgan fingerprint density at radius 1 is 0.626 bits per heavy atom. The van der Waals surface area contributed by atoms with Crippen molar-refractivity contribution in [3.63, 3.8) is 0 Å². The van der Waals surface area contributed by atoms with Gasteiger partial charge in [-0.1, -0.05) is 71.3 Å². The first-order valence-electron chi connectivity index (χ1n) is 30.6. The first-order chi connectivity index (χ1) is 42.5. The summed E-state index contributed by atoms with van der Waals surface area (Å²) < 4.78 is 18.6. The van der Waals surface area contributed by atoms with Crippen molar-refractivity contribution in [2.45, 2.75) is 169 Å². The van der Waals surface area contributed by atoms with E-state index in [4.69, 9.17) is 24.6 Å². The molecule has 6 aliphatic rings. The van der Waals surface area contributed by atoms with E-state index in [9.17, 15) is 52.7 Å². The van der Waals surface area contributed by atoms with Crippen LogP contribution in [0.4, 0.5) is 5.69 Å². The SMILES string of the molecule is Cc1c2oc3c(C)c(Br)cc(C(=O)NC4C(=O)NC(C(C)C)C(=O)N5CCCC5C(=O)N(C)CC(=O)N(C)C(C(C)C)C(=O)OC4C)c3nc-2c(C(=O)NC2C(=O)NC(C(C)C)C(=O)N3CCCC3C(=O)N(C)CC(=O)N(C)C(C(C)C)C(=O)OC2C)c(N)c1=O. The van der Waals surface area contributed by atoms with Gasteiger partial charge in [0.1, 0.15) is 71.8 Å². The third-order valence-corrected chi connectivity index (χ3v) is 18.5. The highest BCUT2D eigenvalue weighted by atomic mass is 79.9. The van der Waals surface area contributed by atoms with E-state index < -0.39 is 191 Å². The number of fused-ring (bicyclic) bond motifs is 4. The van der Waals surface area contributed by atoms with Gasteiger partial charge in [-0.25, -0.2) is 14.6 Å². The third kappa shape index (κ3) is 14.1. The molecule has 0 saturated carbocycles. The lowest BCUT2D eigenvalue weighted by Crippen LogP contribution is -2.61. The second-order valence-electron chi connectivity index (χ2n) is 25.6. The highest BCUT2D eigenvalue weighted by molar-refractivity contribution is 9.10. The van der Waals surface area contributed by atoms with E-state index >= 15 is 9.59 Å². The van der Waals surface area contributed by atoms with E-state index in [1.54, 1.807) is 62.3 Å². The number of ether oxygens (including phenoxy) is 2. The van der Waals surface area contributed by atoms with Crippen molar-refractivity contribution in [3.8, 4) is 11.5 Å². The Balaban J connectivity index is 1.34. The molecule has 1 aromatic rings. The molecule has 4 fully saturated rings. The summed E-state index contributed by atoms with van der Waals surface area (Å²) >= 11 is 3.49. The smallest absolute Gasteiger partial charge is 0.329 e. The van der Waals surface area contributed by atoms with Crippen LogP contribution < -0.4 is 32.4 Å². The van der Waals surface area contributed by atoms with Crippen LogP contribution in [0.2, 0.25) is 0 Å². The number of nitrogen functional groups attached to an aromatic ring is 1. The molecule has 496 valence electrons. The van der Waals surface area contributed by atoms with Gasteiger partial charge in [0.15, 0.2) is 11.3 Å². The molecule has 0 aromatic heterocycles. The summed E-state index contributed by atoms with van der Waals surface area (Å²) in [5, 5.41) is 10.7. The number of hydrogen-bond donors (Lipinski definition) is 5. The average Bonchev–Trinajstić information content (AvgIpc) is 1.33. The fourth-order valence-electron chi connectivity index (χ4n) is 12.3. The van der Waals surface area contributed by atoms with Gasteiger partial charge in [0.05, 0.1) is 29.9 Å². The second kappa shape index (κ2) is 28.1. The molecule has 28 nitrogen and oxygen atoms in total. The van der Waals surface area contributed by atoms with Crippen LogP contribution >= 0.6 is 15.9 Å². The van der Waals surface area contributed by atoms with Gasteiger partial charge in [0, 0.05) is 56.9 Å². The number of nitrogens with two attached hydrogens (primary N) is 1. The van der Waals surface area contributed by atoms with Crippen molar-refractivity contribution in [1.82, 2.24) is 55.7 Å². The summed E-state index contributed by atoms with van der Waals surface area (Å²) in [6, 6.07) is -9.45. The molecule has 1 aromatic carbocycles. The molecule has 4 saturated heterocycles. The van der Waals surface area contributed by atoms with Gasteiger partial charge < -0.3 is 70.3 Å². The van der Waals surface area contributed by atoms with Crippen molar-refractivity contribution >= 4 is 104 Å².